The van der Waals surface area contributed by atoms with E-state index in [1.54, 1.807) is 13.0 Å². The van der Waals surface area contributed by atoms with Gasteiger partial charge >= 0.3 is 0 Å². The second-order valence-corrected chi connectivity index (χ2v) is 2.84. The second-order valence-electron chi connectivity index (χ2n) is 2.84. The molecule has 1 nitrogen and oxygen atoms in total. The van der Waals surface area contributed by atoms with E-state index in [1.807, 2.05) is 0 Å². The fourth-order valence-electron chi connectivity index (χ4n) is 0.956. The van der Waals surface area contributed by atoms with Crippen LogP contribution >= 0.6 is 0 Å². The van der Waals surface area contributed by atoms with Crippen LogP contribution in [0.4, 0.5) is 8.78 Å². The minimum absolute atomic E-state index is 0.239. The Labute approximate surface area is 75.9 Å². The summed E-state index contributed by atoms with van der Waals surface area (Å²) in [5, 5.41) is 0. The number of hydrogen-bond acceptors (Lipinski definition) is 1. The highest BCUT2D eigenvalue weighted by Gasteiger charge is 2.04. The van der Waals surface area contributed by atoms with Crippen molar-refractivity contribution < 1.29 is 8.78 Å². The highest BCUT2D eigenvalue weighted by Crippen LogP contribution is 2.14. The van der Waals surface area contributed by atoms with Crippen molar-refractivity contribution in [1.29, 1.82) is 0 Å². The molecule has 0 unspecified atom stereocenters. The molecular weight excluding hydrogens is 172 g/mol. The Hall–Kier alpha value is -1.22. The van der Waals surface area contributed by atoms with E-state index in [0.717, 1.165) is 11.6 Å². The van der Waals surface area contributed by atoms with E-state index in [-0.39, 0.29) is 5.56 Å². The van der Waals surface area contributed by atoms with E-state index in [9.17, 15) is 8.78 Å². The standard InChI is InChI=1S/C10H11F2N/c1-7(6-13)5-8-3-2-4-9(11)10(8)12/h2-5H,6,13H2,1H3. The number of nitrogens with two attached hydrogens (primary N) is 1. The molecule has 0 bridgehead atoms. The SMILES string of the molecule is CC(=Cc1cccc(F)c1F)CN. The summed E-state index contributed by atoms with van der Waals surface area (Å²) in [5.41, 5.74) is 6.37. The topological polar surface area (TPSA) is 26.0 Å². The van der Waals surface area contributed by atoms with Crippen LogP contribution in [-0.4, -0.2) is 6.54 Å². The Morgan fingerprint density at radius 2 is 2.15 bits per heavy atom. The summed E-state index contributed by atoms with van der Waals surface area (Å²) in [7, 11) is 0. The summed E-state index contributed by atoms with van der Waals surface area (Å²) >= 11 is 0. The van der Waals surface area contributed by atoms with Crippen molar-refractivity contribution in [2.24, 2.45) is 5.73 Å². The van der Waals surface area contributed by atoms with Crippen molar-refractivity contribution in [1.82, 2.24) is 0 Å². The maximum atomic E-state index is 13.0. The minimum Gasteiger partial charge on any atom is -0.327 e. The number of hydrogen-bond donors (Lipinski definition) is 1. The third kappa shape index (κ3) is 2.36. The summed E-state index contributed by atoms with van der Waals surface area (Å²) < 4.78 is 25.7. The monoisotopic (exact) mass is 183 g/mol. The molecule has 3 heteroatoms. The van der Waals surface area contributed by atoms with E-state index in [4.69, 9.17) is 5.73 Å². The zero-order valence-corrected chi connectivity index (χ0v) is 7.35. The van der Waals surface area contributed by atoms with Crippen LogP contribution in [-0.2, 0) is 0 Å². The first-order valence-corrected chi connectivity index (χ1v) is 3.96. The third-order valence-corrected chi connectivity index (χ3v) is 1.71. The maximum absolute atomic E-state index is 13.0. The van der Waals surface area contributed by atoms with Crippen molar-refractivity contribution >= 4 is 6.08 Å². The van der Waals surface area contributed by atoms with Crippen LogP contribution in [0.2, 0.25) is 0 Å². The van der Waals surface area contributed by atoms with Crippen LogP contribution < -0.4 is 5.73 Å². The zero-order valence-electron chi connectivity index (χ0n) is 7.35. The number of halogens is 2. The van der Waals surface area contributed by atoms with Gasteiger partial charge in [-0.25, -0.2) is 8.78 Å². The summed E-state index contributed by atoms with van der Waals surface area (Å²) in [4.78, 5) is 0. The Balaban J connectivity index is 3.09. The average molecular weight is 183 g/mol. The molecule has 1 rings (SSSR count). The fourth-order valence-corrected chi connectivity index (χ4v) is 0.956. The van der Waals surface area contributed by atoms with Gasteiger partial charge in [-0.15, -0.1) is 0 Å². The number of benzene rings is 1. The van der Waals surface area contributed by atoms with Crippen molar-refractivity contribution in [3.8, 4) is 0 Å². The molecule has 0 radical (unpaired) electrons. The lowest BCUT2D eigenvalue weighted by Gasteiger charge is -1.99. The van der Waals surface area contributed by atoms with Crippen LogP contribution in [0.15, 0.2) is 23.8 Å². The molecule has 0 aliphatic rings. The van der Waals surface area contributed by atoms with Crippen molar-refractivity contribution in [2.45, 2.75) is 6.92 Å². The minimum atomic E-state index is -0.835. The van der Waals surface area contributed by atoms with Crippen LogP contribution in [0.1, 0.15) is 12.5 Å². The highest BCUT2D eigenvalue weighted by atomic mass is 19.2. The largest absolute Gasteiger partial charge is 0.327 e. The molecule has 0 atom stereocenters. The predicted octanol–water partition coefficient (Wildman–Crippen LogP) is 2.33. The van der Waals surface area contributed by atoms with E-state index in [0.29, 0.717) is 6.54 Å². The highest BCUT2D eigenvalue weighted by molar-refractivity contribution is 5.53. The molecule has 70 valence electrons. The summed E-state index contributed by atoms with van der Waals surface area (Å²) in [6.07, 6.45) is 1.54. The first-order valence-electron chi connectivity index (χ1n) is 3.96. The van der Waals surface area contributed by atoms with E-state index in [1.165, 1.54) is 12.1 Å². The maximum Gasteiger partial charge on any atom is 0.166 e. The Bertz CT molecular complexity index is 332. The van der Waals surface area contributed by atoms with Gasteiger partial charge in [0.25, 0.3) is 0 Å². The first kappa shape index (κ1) is 9.86. The lowest BCUT2D eigenvalue weighted by molar-refractivity contribution is 0.507. The Kier molecular flexibility index (Phi) is 3.14. The molecular formula is C10H11F2N. The third-order valence-electron chi connectivity index (χ3n) is 1.71. The van der Waals surface area contributed by atoms with E-state index >= 15 is 0 Å². The molecule has 0 spiro atoms. The molecule has 0 saturated carbocycles. The van der Waals surface area contributed by atoms with Crippen LogP contribution in [0, 0.1) is 11.6 Å². The van der Waals surface area contributed by atoms with Crippen LogP contribution in [0.25, 0.3) is 6.08 Å². The average Bonchev–Trinajstić information content (AvgIpc) is 2.13. The molecule has 0 saturated heterocycles. The lowest BCUT2D eigenvalue weighted by Crippen LogP contribution is -2.00. The van der Waals surface area contributed by atoms with E-state index in [2.05, 4.69) is 0 Å². The van der Waals surface area contributed by atoms with Gasteiger partial charge in [-0.05, 0) is 13.0 Å². The smallest absolute Gasteiger partial charge is 0.166 e. The van der Waals surface area contributed by atoms with Gasteiger partial charge in [-0.3, -0.25) is 0 Å². The fraction of sp³-hybridized carbons (Fsp3) is 0.200. The molecule has 0 aliphatic heterocycles. The summed E-state index contributed by atoms with van der Waals surface area (Å²) in [6, 6.07) is 4.07. The Morgan fingerprint density at radius 3 is 2.77 bits per heavy atom. The molecule has 0 amide bonds. The molecule has 0 heterocycles. The first-order chi connectivity index (χ1) is 6.15. The normalized spacial score (nSPS) is 11.8. The van der Waals surface area contributed by atoms with Crippen molar-refractivity contribution in [2.75, 3.05) is 6.54 Å². The molecule has 0 aliphatic carbocycles. The van der Waals surface area contributed by atoms with Crippen molar-refractivity contribution in [3.63, 3.8) is 0 Å². The van der Waals surface area contributed by atoms with Crippen molar-refractivity contribution in [3.05, 3.63) is 41.0 Å². The Morgan fingerprint density at radius 1 is 1.46 bits per heavy atom. The van der Waals surface area contributed by atoms with Gasteiger partial charge in [0.1, 0.15) is 0 Å². The molecule has 0 aromatic heterocycles. The molecule has 2 N–H and O–H groups in total. The number of rotatable bonds is 2. The predicted molar refractivity (Wildman–Crippen MR) is 49.1 cm³/mol. The van der Waals surface area contributed by atoms with Gasteiger partial charge in [-0.1, -0.05) is 23.8 Å². The van der Waals surface area contributed by atoms with Gasteiger partial charge < -0.3 is 5.73 Å². The van der Waals surface area contributed by atoms with Gasteiger partial charge in [0.2, 0.25) is 0 Å². The van der Waals surface area contributed by atoms with Gasteiger partial charge in [-0.2, -0.15) is 0 Å². The van der Waals surface area contributed by atoms with Crippen LogP contribution in [0.5, 0.6) is 0 Å². The van der Waals surface area contributed by atoms with E-state index < -0.39 is 11.6 Å². The zero-order chi connectivity index (χ0) is 9.84. The molecule has 0 fully saturated rings. The quantitative estimate of drug-likeness (QED) is 0.748. The van der Waals surface area contributed by atoms with Gasteiger partial charge in [0.15, 0.2) is 11.6 Å². The summed E-state index contributed by atoms with van der Waals surface area (Å²) in [6.45, 7) is 2.11. The molecule has 1 aromatic rings. The molecule has 1 aromatic carbocycles. The van der Waals surface area contributed by atoms with Crippen LogP contribution in [0.3, 0.4) is 0 Å². The summed E-state index contributed by atoms with van der Waals surface area (Å²) in [5.74, 6) is -1.66. The second kappa shape index (κ2) is 4.14. The lowest BCUT2D eigenvalue weighted by atomic mass is 10.1. The van der Waals surface area contributed by atoms with Gasteiger partial charge in [0, 0.05) is 12.1 Å². The van der Waals surface area contributed by atoms with Gasteiger partial charge in [0.05, 0.1) is 0 Å². The molecule has 13 heavy (non-hydrogen) atoms.